The van der Waals surface area contributed by atoms with Crippen LogP contribution in [0.4, 0.5) is 0 Å². The Labute approximate surface area is 170 Å². The standard InChI is InChI=1S/C24H32O3Si/c1-4-11-22(25)23(16-17-24(2)26-18-19-27-24)28(3,20-12-7-5-8-13-20)21-14-9-6-10-15-21/h5-10,12-15,23H,4,11,16-19H2,1-3H3. The number of rotatable bonds is 9. The summed E-state index contributed by atoms with van der Waals surface area (Å²) in [6.07, 6.45) is 3.05. The molecule has 0 radical (unpaired) electrons. The quantitative estimate of drug-likeness (QED) is 0.597. The van der Waals surface area contributed by atoms with Crippen molar-refractivity contribution in [3.8, 4) is 0 Å². The van der Waals surface area contributed by atoms with Gasteiger partial charge in [-0.3, -0.25) is 4.79 Å². The molecule has 0 aromatic heterocycles. The van der Waals surface area contributed by atoms with Gasteiger partial charge in [-0.2, -0.15) is 0 Å². The van der Waals surface area contributed by atoms with Crippen molar-refractivity contribution in [1.82, 2.24) is 0 Å². The minimum atomic E-state index is -2.30. The SMILES string of the molecule is CCCC(=O)C(CCC1(C)OCCO1)[Si](C)(c1ccccc1)c1ccccc1. The highest BCUT2D eigenvalue weighted by Gasteiger charge is 2.45. The molecule has 0 spiro atoms. The van der Waals surface area contributed by atoms with E-state index in [2.05, 4.69) is 62.0 Å². The Morgan fingerprint density at radius 1 is 1.00 bits per heavy atom. The molecule has 1 saturated heterocycles. The highest BCUT2D eigenvalue weighted by atomic mass is 28.3. The molecule has 1 unspecified atom stereocenters. The average Bonchev–Trinajstić information content (AvgIpc) is 3.16. The van der Waals surface area contributed by atoms with Crippen LogP contribution in [0.1, 0.15) is 39.5 Å². The van der Waals surface area contributed by atoms with Crippen LogP contribution in [-0.2, 0) is 14.3 Å². The first kappa shape index (κ1) is 21.0. The van der Waals surface area contributed by atoms with E-state index in [1.807, 2.05) is 19.1 Å². The minimum absolute atomic E-state index is 0.00174. The fourth-order valence-corrected chi connectivity index (χ4v) is 8.86. The molecule has 28 heavy (non-hydrogen) atoms. The van der Waals surface area contributed by atoms with Gasteiger partial charge in [-0.05, 0) is 19.8 Å². The van der Waals surface area contributed by atoms with Crippen LogP contribution in [0.5, 0.6) is 0 Å². The summed E-state index contributed by atoms with van der Waals surface area (Å²) in [6, 6.07) is 21.3. The number of ether oxygens (including phenoxy) is 2. The molecule has 0 aliphatic carbocycles. The smallest absolute Gasteiger partial charge is 0.165 e. The van der Waals surface area contributed by atoms with Crippen LogP contribution in [0.2, 0.25) is 12.1 Å². The fraction of sp³-hybridized carbons (Fsp3) is 0.458. The van der Waals surface area contributed by atoms with Gasteiger partial charge in [0.2, 0.25) is 0 Å². The van der Waals surface area contributed by atoms with Gasteiger partial charge in [0.1, 0.15) is 13.9 Å². The number of hydrogen-bond donors (Lipinski definition) is 0. The summed E-state index contributed by atoms with van der Waals surface area (Å²) < 4.78 is 11.7. The van der Waals surface area contributed by atoms with Crippen molar-refractivity contribution in [2.75, 3.05) is 13.2 Å². The van der Waals surface area contributed by atoms with Gasteiger partial charge in [-0.15, -0.1) is 0 Å². The van der Waals surface area contributed by atoms with E-state index in [1.165, 1.54) is 10.4 Å². The number of benzene rings is 2. The summed E-state index contributed by atoms with van der Waals surface area (Å²) in [5, 5.41) is 2.63. The van der Waals surface area contributed by atoms with Crippen molar-refractivity contribution in [1.29, 1.82) is 0 Å². The molecule has 0 amide bonds. The van der Waals surface area contributed by atoms with Crippen LogP contribution >= 0.6 is 0 Å². The first-order valence-electron chi connectivity index (χ1n) is 10.4. The van der Waals surface area contributed by atoms with Crippen molar-refractivity contribution in [2.45, 2.75) is 57.4 Å². The number of hydrogen-bond acceptors (Lipinski definition) is 3. The zero-order valence-electron chi connectivity index (χ0n) is 17.3. The van der Waals surface area contributed by atoms with E-state index in [1.54, 1.807) is 0 Å². The molecule has 1 atom stereocenters. The topological polar surface area (TPSA) is 35.5 Å². The number of ketones is 1. The second-order valence-electron chi connectivity index (χ2n) is 8.07. The van der Waals surface area contributed by atoms with Gasteiger partial charge in [-0.1, -0.05) is 84.5 Å². The predicted molar refractivity (Wildman–Crippen MR) is 117 cm³/mol. The van der Waals surface area contributed by atoms with Gasteiger partial charge in [-0.25, -0.2) is 0 Å². The van der Waals surface area contributed by atoms with Gasteiger partial charge >= 0.3 is 0 Å². The lowest BCUT2D eigenvalue weighted by Crippen LogP contribution is -2.61. The van der Waals surface area contributed by atoms with E-state index >= 15 is 0 Å². The van der Waals surface area contributed by atoms with Gasteiger partial charge in [0.05, 0.1) is 13.2 Å². The third kappa shape index (κ3) is 4.45. The molecule has 1 fully saturated rings. The van der Waals surface area contributed by atoms with Crippen molar-refractivity contribution in [3.05, 3.63) is 60.7 Å². The molecule has 2 aromatic carbocycles. The molecule has 3 nitrogen and oxygen atoms in total. The van der Waals surface area contributed by atoms with Gasteiger partial charge in [0.15, 0.2) is 5.79 Å². The van der Waals surface area contributed by atoms with E-state index < -0.39 is 13.9 Å². The van der Waals surface area contributed by atoms with Crippen LogP contribution in [0.25, 0.3) is 0 Å². The van der Waals surface area contributed by atoms with Gasteiger partial charge < -0.3 is 9.47 Å². The van der Waals surface area contributed by atoms with Crippen LogP contribution in [0, 0.1) is 0 Å². The van der Waals surface area contributed by atoms with E-state index in [0.717, 1.165) is 19.3 Å². The maximum Gasteiger partial charge on any atom is 0.165 e. The molecule has 1 aliphatic heterocycles. The average molecular weight is 397 g/mol. The number of Topliss-reactive ketones (excluding diaryl/α,β-unsaturated/α-hetero) is 1. The molecular formula is C24H32O3Si. The molecule has 0 bridgehead atoms. The molecular weight excluding hydrogens is 364 g/mol. The summed E-state index contributed by atoms with van der Waals surface area (Å²) in [6.45, 7) is 7.72. The van der Waals surface area contributed by atoms with E-state index in [9.17, 15) is 4.79 Å². The van der Waals surface area contributed by atoms with E-state index in [4.69, 9.17) is 9.47 Å². The predicted octanol–water partition coefficient (Wildman–Crippen LogP) is 4.16. The monoisotopic (exact) mass is 396 g/mol. The Balaban J connectivity index is 2.02. The van der Waals surface area contributed by atoms with Crippen LogP contribution in [0.3, 0.4) is 0 Å². The lowest BCUT2D eigenvalue weighted by molar-refractivity contribution is -0.148. The molecule has 2 aromatic rings. The number of carbonyl (C=O) groups excluding carboxylic acids is 1. The van der Waals surface area contributed by atoms with Crippen molar-refractivity contribution >= 4 is 24.2 Å². The van der Waals surface area contributed by atoms with E-state index in [0.29, 0.717) is 25.4 Å². The van der Waals surface area contributed by atoms with Crippen LogP contribution in [-0.4, -0.2) is 32.9 Å². The Morgan fingerprint density at radius 3 is 1.96 bits per heavy atom. The summed E-state index contributed by atoms with van der Waals surface area (Å²) in [7, 11) is -2.30. The first-order valence-corrected chi connectivity index (χ1v) is 13.0. The third-order valence-electron chi connectivity index (χ3n) is 6.11. The number of carbonyl (C=O) groups is 1. The lowest BCUT2D eigenvalue weighted by atomic mass is 10.0. The second kappa shape index (κ2) is 9.16. The summed E-state index contributed by atoms with van der Waals surface area (Å²) in [4.78, 5) is 13.4. The normalized spacial score (nSPS) is 17.4. The lowest BCUT2D eigenvalue weighted by Gasteiger charge is -2.37. The second-order valence-corrected chi connectivity index (χ2v) is 12.3. The van der Waals surface area contributed by atoms with Gasteiger partial charge in [0, 0.05) is 18.4 Å². The molecule has 150 valence electrons. The summed E-state index contributed by atoms with van der Waals surface area (Å²) >= 11 is 0. The molecule has 1 heterocycles. The zero-order chi connectivity index (χ0) is 20.0. The van der Waals surface area contributed by atoms with Gasteiger partial charge in [0.25, 0.3) is 0 Å². The fourth-order valence-electron chi connectivity index (χ4n) is 4.44. The molecule has 1 aliphatic rings. The molecule has 3 rings (SSSR count). The Morgan fingerprint density at radius 2 is 1.50 bits per heavy atom. The summed E-state index contributed by atoms with van der Waals surface area (Å²) in [5.41, 5.74) is 0.00174. The molecule has 0 saturated carbocycles. The highest BCUT2D eigenvalue weighted by Crippen LogP contribution is 2.34. The Bertz CT molecular complexity index is 714. The Kier molecular flexibility index (Phi) is 6.86. The Hall–Kier alpha value is -1.75. The van der Waals surface area contributed by atoms with Crippen LogP contribution in [0.15, 0.2) is 60.7 Å². The highest BCUT2D eigenvalue weighted by molar-refractivity contribution is 7.04. The maximum atomic E-state index is 13.4. The minimum Gasteiger partial charge on any atom is -0.348 e. The zero-order valence-corrected chi connectivity index (χ0v) is 18.3. The third-order valence-corrected chi connectivity index (χ3v) is 11.2. The van der Waals surface area contributed by atoms with Crippen LogP contribution < -0.4 is 10.4 Å². The summed E-state index contributed by atoms with van der Waals surface area (Å²) in [5.74, 6) is -0.182. The first-order chi connectivity index (χ1) is 13.5. The van der Waals surface area contributed by atoms with Crippen molar-refractivity contribution < 1.29 is 14.3 Å². The molecule has 0 N–H and O–H groups in total. The largest absolute Gasteiger partial charge is 0.348 e. The van der Waals surface area contributed by atoms with Crippen molar-refractivity contribution in [3.63, 3.8) is 0 Å². The maximum absolute atomic E-state index is 13.4. The van der Waals surface area contributed by atoms with E-state index in [-0.39, 0.29) is 5.54 Å². The molecule has 4 heteroatoms. The van der Waals surface area contributed by atoms with Crippen molar-refractivity contribution in [2.24, 2.45) is 0 Å².